The number of hydrogen-bond acceptors (Lipinski definition) is 6. The zero-order chi connectivity index (χ0) is 16.5. The number of nitrogens with zero attached hydrogens (tertiary/aromatic N) is 1. The Bertz CT molecular complexity index is 732. The monoisotopic (exact) mass is 319 g/mol. The molecule has 116 valence electrons. The van der Waals surface area contributed by atoms with Crippen LogP contribution in [0.4, 0.5) is 5.13 Å². The van der Waals surface area contributed by atoms with Crippen LogP contribution in [0.15, 0.2) is 23.6 Å². The largest absolute Gasteiger partial charge is 0.508 e. The molecular formula is C15H17N3O3S. The lowest BCUT2D eigenvalue weighted by Crippen LogP contribution is -2.32. The molecule has 0 bridgehead atoms. The number of imide groups is 1. The normalized spacial score (nSPS) is 11.2. The van der Waals surface area contributed by atoms with Gasteiger partial charge in [-0.05, 0) is 29.2 Å². The Balaban J connectivity index is 2.28. The predicted octanol–water partition coefficient (Wildman–Crippen LogP) is 2.30. The zero-order valence-corrected chi connectivity index (χ0v) is 13.3. The first kappa shape index (κ1) is 16.0. The van der Waals surface area contributed by atoms with E-state index in [1.54, 1.807) is 0 Å². The van der Waals surface area contributed by atoms with Crippen LogP contribution in [0.3, 0.4) is 0 Å². The van der Waals surface area contributed by atoms with Crippen LogP contribution in [-0.4, -0.2) is 21.9 Å². The van der Waals surface area contributed by atoms with Crippen molar-refractivity contribution in [2.75, 3.05) is 5.73 Å². The van der Waals surface area contributed by atoms with E-state index < -0.39 is 11.8 Å². The second kappa shape index (κ2) is 5.76. The van der Waals surface area contributed by atoms with Gasteiger partial charge >= 0.3 is 0 Å². The number of aromatic nitrogens is 1. The number of hydrogen-bond donors (Lipinski definition) is 3. The van der Waals surface area contributed by atoms with Gasteiger partial charge in [0.25, 0.3) is 11.8 Å². The summed E-state index contributed by atoms with van der Waals surface area (Å²) in [5, 5.41) is 13.7. The maximum Gasteiger partial charge on any atom is 0.277 e. The third kappa shape index (κ3) is 3.43. The first-order chi connectivity index (χ1) is 10.2. The van der Waals surface area contributed by atoms with Gasteiger partial charge in [0.1, 0.15) is 11.4 Å². The highest BCUT2D eigenvalue weighted by Crippen LogP contribution is 2.29. The van der Waals surface area contributed by atoms with Crippen molar-refractivity contribution in [2.24, 2.45) is 0 Å². The molecule has 0 spiro atoms. The fourth-order valence-corrected chi connectivity index (χ4v) is 2.52. The van der Waals surface area contributed by atoms with E-state index in [1.165, 1.54) is 23.6 Å². The molecule has 0 atom stereocenters. The molecule has 0 aliphatic carbocycles. The average molecular weight is 319 g/mol. The summed E-state index contributed by atoms with van der Waals surface area (Å²) < 4.78 is 0. The summed E-state index contributed by atoms with van der Waals surface area (Å²) in [6.45, 7) is 5.75. The Morgan fingerprint density at radius 2 is 1.95 bits per heavy atom. The Morgan fingerprint density at radius 3 is 2.50 bits per heavy atom. The molecule has 2 aromatic rings. The van der Waals surface area contributed by atoms with Gasteiger partial charge in [-0.2, -0.15) is 0 Å². The van der Waals surface area contributed by atoms with Crippen molar-refractivity contribution >= 4 is 28.3 Å². The minimum Gasteiger partial charge on any atom is -0.508 e. The molecule has 0 unspecified atom stereocenters. The first-order valence-corrected chi connectivity index (χ1v) is 7.46. The first-order valence-electron chi connectivity index (χ1n) is 6.58. The molecule has 0 fully saturated rings. The second-order valence-electron chi connectivity index (χ2n) is 5.83. The smallest absolute Gasteiger partial charge is 0.277 e. The lowest BCUT2D eigenvalue weighted by molar-refractivity contribution is 0.0845. The molecule has 1 heterocycles. The number of carbonyl (C=O) groups excluding carboxylic acids is 2. The van der Waals surface area contributed by atoms with E-state index in [1.807, 2.05) is 20.8 Å². The van der Waals surface area contributed by atoms with Crippen molar-refractivity contribution in [3.8, 4) is 5.75 Å². The van der Waals surface area contributed by atoms with Crippen LogP contribution in [-0.2, 0) is 5.41 Å². The number of carbonyl (C=O) groups is 2. The third-order valence-electron chi connectivity index (χ3n) is 3.04. The average Bonchev–Trinajstić information content (AvgIpc) is 2.84. The third-order valence-corrected chi connectivity index (χ3v) is 3.71. The minimum atomic E-state index is -0.606. The van der Waals surface area contributed by atoms with E-state index in [2.05, 4.69) is 10.3 Å². The topological polar surface area (TPSA) is 105 Å². The number of thiazole rings is 1. The molecule has 1 aromatic heterocycles. The minimum absolute atomic E-state index is 0.0695. The number of rotatable bonds is 2. The fourth-order valence-electron chi connectivity index (χ4n) is 1.98. The highest BCUT2D eigenvalue weighted by atomic mass is 32.1. The van der Waals surface area contributed by atoms with Gasteiger partial charge in [-0.3, -0.25) is 14.9 Å². The van der Waals surface area contributed by atoms with Crippen LogP contribution < -0.4 is 11.1 Å². The van der Waals surface area contributed by atoms with Crippen LogP contribution in [0.25, 0.3) is 0 Å². The summed E-state index contributed by atoms with van der Waals surface area (Å²) in [6.07, 6.45) is 0. The molecule has 0 aliphatic rings. The molecule has 1 aromatic carbocycles. The highest BCUT2D eigenvalue weighted by molar-refractivity contribution is 7.13. The van der Waals surface area contributed by atoms with E-state index in [4.69, 9.17) is 5.73 Å². The molecule has 0 radical (unpaired) electrons. The van der Waals surface area contributed by atoms with Crippen LogP contribution in [0.5, 0.6) is 5.75 Å². The maximum atomic E-state index is 12.3. The number of nitrogen functional groups attached to an aromatic ring is 1. The molecule has 0 aliphatic heterocycles. The van der Waals surface area contributed by atoms with Gasteiger partial charge in [-0.1, -0.05) is 20.8 Å². The summed E-state index contributed by atoms with van der Waals surface area (Å²) >= 11 is 1.13. The molecule has 6 nitrogen and oxygen atoms in total. The van der Waals surface area contributed by atoms with Gasteiger partial charge in [-0.15, -0.1) is 11.3 Å². The van der Waals surface area contributed by atoms with Crippen molar-refractivity contribution in [1.82, 2.24) is 10.3 Å². The Hall–Kier alpha value is -2.41. The van der Waals surface area contributed by atoms with Crippen LogP contribution in [0.2, 0.25) is 0 Å². The number of anilines is 1. The van der Waals surface area contributed by atoms with E-state index in [-0.39, 0.29) is 22.0 Å². The van der Waals surface area contributed by atoms with E-state index in [0.717, 1.165) is 11.3 Å². The summed E-state index contributed by atoms with van der Waals surface area (Å²) in [6, 6.07) is 4.43. The molecule has 0 saturated heterocycles. The van der Waals surface area contributed by atoms with Gasteiger partial charge in [0.05, 0.1) is 0 Å². The number of phenolic OH excluding ortho intramolecular Hbond substituents is 1. The van der Waals surface area contributed by atoms with Crippen molar-refractivity contribution in [3.05, 3.63) is 40.4 Å². The molecule has 7 heteroatoms. The molecule has 4 N–H and O–H groups in total. The highest BCUT2D eigenvalue weighted by Gasteiger charge is 2.24. The number of nitrogens with one attached hydrogen (secondary N) is 1. The van der Waals surface area contributed by atoms with Crippen molar-refractivity contribution in [2.45, 2.75) is 26.2 Å². The Labute approximate surface area is 132 Å². The lowest BCUT2D eigenvalue weighted by atomic mass is 9.83. The van der Waals surface area contributed by atoms with Crippen molar-refractivity contribution < 1.29 is 14.7 Å². The van der Waals surface area contributed by atoms with E-state index in [9.17, 15) is 14.7 Å². The zero-order valence-electron chi connectivity index (χ0n) is 12.5. The van der Waals surface area contributed by atoms with Gasteiger partial charge < -0.3 is 10.8 Å². The SMILES string of the molecule is CC(C)(C)c1cc(O)ccc1C(=O)NC(=O)c1csc(N)n1. The number of phenols is 1. The number of nitrogens with two attached hydrogens (primary N) is 1. The van der Waals surface area contributed by atoms with Gasteiger partial charge in [0, 0.05) is 10.9 Å². The number of aromatic hydroxyl groups is 1. The second-order valence-corrected chi connectivity index (χ2v) is 6.72. The summed E-state index contributed by atoms with van der Waals surface area (Å²) in [5.41, 5.74) is 6.20. The molecule has 2 amide bonds. The van der Waals surface area contributed by atoms with Crippen LogP contribution in [0.1, 0.15) is 47.2 Å². The Kier molecular flexibility index (Phi) is 4.18. The predicted molar refractivity (Wildman–Crippen MR) is 85.1 cm³/mol. The van der Waals surface area contributed by atoms with Crippen molar-refractivity contribution in [3.63, 3.8) is 0 Å². The fraction of sp³-hybridized carbons (Fsp3) is 0.267. The molecular weight excluding hydrogens is 302 g/mol. The van der Waals surface area contributed by atoms with E-state index in [0.29, 0.717) is 11.1 Å². The van der Waals surface area contributed by atoms with E-state index >= 15 is 0 Å². The van der Waals surface area contributed by atoms with Crippen molar-refractivity contribution in [1.29, 1.82) is 0 Å². The number of benzene rings is 1. The molecule has 2 rings (SSSR count). The van der Waals surface area contributed by atoms with Crippen LogP contribution in [0, 0.1) is 0 Å². The lowest BCUT2D eigenvalue weighted by Gasteiger charge is -2.22. The standard InChI is InChI=1S/C15H17N3O3S/c1-15(2,3)10-6-8(19)4-5-9(10)12(20)18-13(21)11-7-22-14(16)17-11/h4-7,19H,1-3H3,(H2,16,17)(H,18,20,21). The van der Waals surface area contributed by atoms with Gasteiger partial charge in [-0.25, -0.2) is 4.98 Å². The number of amides is 2. The summed E-state index contributed by atoms with van der Waals surface area (Å²) in [4.78, 5) is 28.2. The van der Waals surface area contributed by atoms with Crippen LogP contribution >= 0.6 is 11.3 Å². The maximum absolute atomic E-state index is 12.3. The quantitative estimate of drug-likeness (QED) is 0.737. The summed E-state index contributed by atoms with van der Waals surface area (Å²) in [7, 11) is 0. The van der Waals surface area contributed by atoms with Gasteiger partial charge in [0.15, 0.2) is 5.13 Å². The Morgan fingerprint density at radius 1 is 1.27 bits per heavy atom. The molecule has 0 saturated carbocycles. The molecule has 22 heavy (non-hydrogen) atoms. The van der Waals surface area contributed by atoms with Gasteiger partial charge in [0.2, 0.25) is 0 Å². The summed E-state index contributed by atoms with van der Waals surface area (Å²) in [5.74, 6) is -1.08.